The number of amides is 1. The summed E-state index contributed by atoms with van der Waals surface area (Å²) in [7, 11) is 0. The van der Waals surface area contributed by atoms with E-state index < -0.39 is 5.82 Å². The van der Waals surface area contributed by atoms with Gasteiger partial charge in [0, 0.05) is 16.3 Å². The summed E-state index contributed by atoms with van der Waals surface area (Å²) in [6.45, 7) is 3.68. The molecule has 2 rings (SSSR count). The summed E-state index contributed by atoms with van der Waals surface area (Å²) < 4.78 is 13.5. The Balaban J connectivity index is 2.09. The molecule has 4 nitrogen and oxygen atoms in total. The molecule has 0 spiro atoms. The second-order valence-electron chi connectivity index (χ2n) is 4.22. The van der Waals surface area contributed by atoms with Gasteiger partial charge in [0.2, 0.25) is 11.9 Å². The van der Waals surface area contributed by atoms with E-state index in [1.165, 1.54) is 12.1 Å². The smallest absolute Gasteiger partial charge is 0.231 e. The molecule has 0 aliphatic rings. The first-order valence-corrected chi connectivity index (χ1v) is 6.11. The number of H-pyrrole nitrogens is 1. The fourth-order valence-corrected chi connectivity index (χ4v) is 1.87. The molecule has 0 radical (unpaired) electrons. The molecule has 1 aromatic heterocycles. The Morgan fingerprint density at radius 3 is 2.79 bits per heavy atom. The minimum absolute atomic E-state index is 0.135. The molecule has 1 aromatic carbocycles. The highest BCUT2D eigenvalue weighted by Crippen LogP contribution is 2.19. The van der Waals surface area contributed by atoms with Crippen molar-refractivity contribution in [3.05, 3.63) is 46.0 Å². The summed E-state index contributed by atoms with van der Waals surface area (Å²) in [6, 6.07) is 4.32. The van der Waals surface area contributed by atoms with E-state index in [-0.39, 0.29) is 22.9 Å². The summed E-state index contributed by atoms with van der Waals surface area (Å²) in [5.41, 5.74) is 1.86. The third-order valence-electron chi connectivity index (χ3n) is 2.78. The lowest BCUT2D eigenvalue weighted by Gasteiger charge is -2.05. The Bertz CT molecular complexity index is 585. The SMILES string of the molecule is Cc1nc(NC(=O)Cc2c(F)cccc2Cl)[nH]c1C. The minimum Gasteiger partial charge on any atom is -0.328 e. The number of aromatic amines is 1. The molecule has 6 heteroatoms. The van der Waals surface area contributed by atoms with E-state index in [2.05, 4.69) is 15.3 Å². The molecule has 0 aliphatic carbocycles. The quantitative estimate of drug-likeness (QED) is 0.909. The van der Waals surface area contributed by atoms with Gasteiger partial charge in [-0.05, 0) is 26.0 Å². The zero-order valence-corrected chi connectivity index (χ0v) is 11.3. The molecule has 0 unspecified atom stereocenters. The van der Waals surface area contributed by atoms with Gasteiger partial charge in [-0.1, -0.05) is 17.7 Å². The number of aromatic nitrogens is 2. The van der Waals surface area contributed by atoms with Crippen molar-refractivity contribution < 1.29 is 9.18 Å². The molecule has 0 saturated carbocycles. The first kappa shape index (κ1) is 13.5. The lowest BCUT2D eigenvalue weighted by atomic mass is 10.1. The van der Waals surface area contributed by atoms with E-state index in [0.29, 0.717) is 5.95 Å². The molecule has 19 heavy (non-hydrogen) atoms. The second-order valence-corrected chi connectivity index (χ2v) is 4.63. The molecule has 1 amide bonds. The van der Waals surface area contributed by atoms with Crippen LogP contribution < -0.4 is 5.32 Å². The molecule has 1 heterocycles. The summed E-state index contributed by atoms with van der Waals surface area (Å²) in [4.78, 5) is 18.9. The number of hydrogen-bond donors (Lipinski definition) is 2. The van der Waals surface area contributed by atoms with Crippen molar-refractivity contribution >= 4 is 23.5 Å². The van der Waals surface area contributed by atoms with Gasteiger partial charge >= 0.3 is 0 Å². The molecule has 100 valence electrons. The van der Waals surface area contributed by atoms with Gasteiger partial charge in [0.25, 0.3) is 0 Å². The van der Waals surface area contributed by atoms with Crippen LogP contribution in [0.3, 0.4) is 0 Å². The number of anilines is 1. The molecule has 0 aliphatic heterocycles. The molecule has 2 N–H and O–H groups in total. The van der Waals surface area contributed by atoms with Crippen LogP contribution in [-0.4, -0.2) is 15.9 Å². The van der Waals surface area contributed by atoms with Crippen molar-refractivity contribution in [3.8, 4) is 0 Å². The fourth-order valence-electron chi connectivity index (χ4n) is 1.64. The van der Waals surface area contributed by atoms with E-state index in [0.717, 1.165) is 11.4 Å². The van der Waals surface area contributed by atoms with E-state index in [9.17, 15) is 9.18 Å². The first-order valence-electron chi connectivity index (χ1n) is 5.73. The highest BCUT2D eigenvalue weighted by Gasteiger charge is 2.13. The summed E-state index contributed by atoms with van der Waals surface area (Å²) in [5.74, 6) is -0.511. The van der Waals surface area contributed by atoms with Crippen molar-refractivity contribution in [2.45, 2.75) is 20.3 Å². The van der Waals surface area contributed by atoms with Gasteiger partial charge < -0.3 is 4.98 Å². The monoisotopic (exact) mass is 281 g/mol. The Morgan fingerprint density at radius 1 is 1.47 bits per heavy atom. The van der Waals surface area contributed by atoms with Crippen LogP contribution in [0.25, 0.3) is 0 Å². The van der Waals surface area contributed by atoms with Crippen molar-refractivity contribution in [1.29, 1.82) is 0 Å². The number of rotatable bonds is 3. The minimum atomic E-state index is -0.491. The van der Waals surface area contributed by atoms with Crippen LogP contribution >= 0.6 is 11.6 Å². The zero-order chi connectivity index (χ0) is 14.0. The van der Waals surface area contributed by atoms with Crippen LogP contribution in [0.4, 0.5) is 10.3 Å². The van der Waals surface area contributed by atoms with Gasteiger partial charge in [0.1, 0.15) is 5.82 Å². The van der Waals surface area contributed by atoms with Crippen LogP contribution in [0.5, 0.6) is 0 Å². The lowest BCUT2D eigenvalue weighted by Crippen LogP contribution is -2.16. The number of hydrogen-bond acceptors (Lipinski definition) is 2. The average Bonchev–Trinajstić information content (AvgIpc) is 2.63. The Hall–Kier alpha value is -1.88. The molecule has 2 aromatic rings. The molecular formula is C13H13ClFN3O. The highest BCUT2D eigenvalue weighted by molar-refractivity contribution is 6.31. The van der Waals surface area contributed by atoms with E-state index in [4.69, 9.17) is 11.6 Å². The normalized spacial score (nSPS) is 10.5. The lowest BCUT2D eigenvalue weighted by molar-refractivity contribution is -0.115. The van der Waals surface area contributed by atoms with Gasteiger partial charge in [-0.3, -0.25) is 10.1 Å². The predicted octanol–water partition coefficient (Wildman–Crippen LogP) is 3.00. The zero-order valence-electron chi connectivity index (χ0n) is 10.6. The van der Waals surface area contributed by atoms with Gasteiger partial charge in [0.15, 0.2) is 0 Å². The average molecular weight is 282 g/mol. The Labute approximate surface area is 115 Å². The van der Waals surface area contributed by atoms with Crippen LogP contribution in [0.2, 0.25) is 5.02 Å². The van der Waals surface area contributed by atoms with Crippen molar-refractivity contribution in [1.82, 2.24) is 9.97 Å². The molecule has 0 atom stereocenters. The molecule has 0 bridgehead atoms. The third kappa shape index (κ3) is 3.12. The second kappa shape index (κ2) is 5.40. The molecular weight excluding hydrogens is 269 g/mol. The Kier molecular flexibility index (Phi) is 3.85. The Morgan fingerprint density at radius 2 is 2.21 bits per heavy atom. The number of benzene rings is 1. The third-order valence-corrected chi connectivity index (χ3v) is 3.14. The maximum absolute atomic E-state index is 13.5. The molecule has 0 fully saturated rings. The number of carbonyl (C=O) groups excluding carboxylic acids is 1. The van der Waals surface area contributed by atoms with Crippen molar-refractivity contribution in [2.75, 3.05) is 5.32 Å². The van der Waals surface area contributed by atoms with Crippen LogP contribution in [0, 0.1) is 19.7 Å². The maximum Gasteiger partial charge on any atom is 0.231 e. The summed E-state index contributed by atoms with van der Waals surface area (Å²) in [6.07, 6.45) is -0.135. The van der Waals surface area contributed by atoms with Crippen molar-refractivity contribution in [3.63, 3.8) is 0 Å². The number of imidazole rings is 1. The molecule has 0 saturated heterocycles. The maximum atomic E-state index is 13.5. The number of nitrogens with zero attached hydrogens (tertiary/aromatic N) is 1. The van der Waals surface area contributed by atoms with Gasteiger partial charge in [-0.15, -0.1) is 0 Å². The summed E-state index contributed by atoms with van der Waals surface area (Å²) >= 11 is 5.86. The van der Waals surface area contributed by atoms with E-state index in [1.807, 2.05) is 13.8 Å². The van der Waals surface area contributed by atoms with Crippen molar-refractivity contribution in [2.24, 2.45) is 0 Å². The first-order chi connectivity index (χ1) is 8.97. The van der Waals surface area contributed by atoms with Gasteiger partial charge in [-0.25, -0.2) is 9.37 Å². The number of carbonyl (C=O) groups is 1. The van der Waals surface area contributed by atoms with Crippen LogP contribution in [-0.2, 0) is 11.2 Å². The number of nitrogens with one attached hydrogen (secondary N) is 2. The van der Waals surface area contributed by atoms with Crippen LogP contribution in [0.15, 0.2) is 18.2 Å². The van der Waals surface area contributed by atoms with Crippen LogP contribution in [0.1, 0.15) is 17.0 Å². The predicted molar refractivity (Wildman–Crippen MR) is 71.8 cm³/mol. The number of halogens is 2. The standard InChI is InChI=1S/C13H13ClFN3O/c1-7-8(2)17-13(16-7)18-12(19)6-9-10(14)4-3-5-11(9)15/h3-5H,6H2,1-2H3,(H2,16,17,18,19). The van der Waals surface area contributed by atoms with E-state index >= 15 is 0 Å². The van der Waals surface area contributed by atoms with E-state index in [1.54, 1.807) is 6.07 Å². The summed E-state index contributed by atoms with van der Waals surface area (Å²) in [5, 5.41) is 2.81. The largest absolute Gasteiger partial charge is 0.328 e. The topological polar surface area (TPSA) is 57.8 Å². The highest BCUT2D eigenvalue weighted by atomic mass is 35.5. The van der Waals surface area contributed by atoms with Gasteiger partial charge in [-0.2, -0.15) is 0 Å². The van der Waals surface area contributed by atoms with Gasteiger partial charge in [0.05, 0.1) is 12.1 Å². The number of aryl methyl sites for hydroxylation is 2. The fraction of sp³-hybridized carbons (Fsp3) is 0.231.